The maximum atomic E-state index is 15.7. The van der Waals surface area contributed by atoms with Crippen molar-refractivity contribution >= 4 is 11.9 Å². The second-order valence-corrected chi connectivity index (χ2v) is 12.1. The summed E-state index contributed by atoms with van der Waals surface area (Å²) in [6, 6.07) is 5.60. The number of aryl methyl sites for hydroxylation is 3. The highest BCUT2D eigenvalue weighted by Gasteiger charge is 2.27. The van der Waals surface area contributed by atoms with Crippen molar-refractivity contribution in [3.8, 4) is 11.1 Å². The molecule has 0 bridgehead atoms. The van der Waals surface area contributed by atoms with Gasteiger partial charge in [-0.1, -0.05) is 26.0 Å². The molecule has 0 fully saturated rings. The van der Waals surface area contributed by atoms with Crippen molar-refractivity contribution in [1.82, 2.24) is 15.5 Å². The van der Waals surface area contributed by atoms with Crippen LogP contribution in [0.3, 0.4) is 0 Å². The average Bonchev–Trinajstić information content (AvgIpc) is 2.92. The van der Waals surface area contributed by atoms with Gasteiger partial charge in [0.15, 0.2) is 0 Å². The summed E-state index contributed by atoms with van der Waals surface area (Å²) in [5, 5.41) is 15.7. The van der Waals surface area contributed by atoms with Gasteiger partial charge >= 0.3 is 5.97 Å². The van der Waals surface area contributed by atoms with Crippen LogP contribution in [0.4, 0.5) is 8.78 Å². The van der Waals surface area contributed by atoms with Crippen molar-refractivity contribution in [3.63, 3.8) is 0 Å². The van der Waals surface area contributed by atoms with Gasteiger partial charge in [0.2, 0.25) is 12.3 Å². The number of nitrogens with zero attached hydrogens (tertiary/aromatic N) is 1. The molecule has 0 saturated carbocycles. The van der Waals surface area contributed by atoms with E-state index in [1.807, 2.05) is 65.7 Å². The molecular formula is C34H49F2N3O4. The number of nitrogens with one attached hydrogen (secondary N) is 2. The number of hydrogen-bond donors (Lipinski definition) is 3. The third-order valence-corrected chi connectivity index (χ3v) is 7.66. The largest absolute Gasteiger partial charge is 0.481 e. The summed E-state index contributed by atoms with van der Waals surface area (Å²) < 4.78 is 34.6. The lowest BCUT2D eigenvalue weighted by Crippen LogP contribution is -2.45. The molecule has 0 aliphatic carbocycles. The molecule has 0 aromatic heterocycles. The molecule has 238 valence electrons. The van der Waals surface area contributed by atoms with Crippen LogP contribution in [-0.4, -0.2) is 62.0 Å². The van der Waals surface area contributed by atoms with Crippen LogP contribution in [0.5, 0.6) is 0 Å². The molecule has 0 heterocycles. The van der Waals surface area contributed by atoms with Gasteiger partial charge in [-0.05, 0) is 118 Å². The van der Waals surface area contributed by atoms with E-state index >= 15 is 4.39 Å². The fourth-order valence-corrected chi connectivity index (χ4v) is 5.11. The van der Waals surface area contributed by atoms with Crippen molar-refractivity contribution in [2.24, 2.45) is 5.92 Å². The summed E-state index contributed by atoms with van der Waals surface area (Å²) in [5.41, 5.74) is 6.11. The number of carboxylic acids is 1. The Bertz CT molecular complexity index is 1290. The van der Waals surface area contributed by atoms with Crippen LogP contribution in [-0.2, 0) is 14.3 Å². The number of carbonyl (C=O) groups is 2. The Morgan fingerprint density at radius 3 is 2.28 bits per heavy atom. The number of aliphatic carboxylic acids is 1. The molecule has 2 aromatic carbocycles. The summed E-state index contributed by atoms with van der Waals surface area (Å²) in [6.07, 6.45) is 0.720. The Hall–Kier alpha value is -3.30. The van der Waals surface area contributed by atoms with Gasteiger partial charge in [-0.25, -0.2) is 8.78 Å². The minimum Gasteiger partial charge on any atom is -0.481 e. The molecule has 1 amide bonds. The van der Waals surface area contributed by atoms with Crippen molar-refractivity contribution in [2.75, 3.05) is 27.7 Å². The normalized spacial score (nSPS) is 14.1. The van der Waals surface area contributed by atoms with Gasteiger partial charge in [0, 0.05) is 25.6 Å². The quantitative estimate of drug-likeness (QED) is 0.203. The Kier molecular flexibility index (Phi) is 13.8. The molecule has 3 atom stereocenters. The van der Waals surface area contributed by atoms with Gasteiger partial charge < -0.3 is 25.4 Å². The van der Waals surface area contributed by atoms with Crippen LogP contribution in [0.15, 0.2) is 36.0 Å². The Morgan fingerprint density at radius 1 is 1.05 bits per heavy atom. The van der Waals surface area contributed by atoms with Gasteiger partial charge in [0.1, 0.15) is 11.9 Å². The van der Waals surface area contributed by atoms with E-state index in [-0.39, 0.29) is 17.9 Å². The first kappa shape index (κ1) is 35.9. The third kappa shape index (κ3) is 10.7. The molecule has 0 saturated heterocycles. The predicted octanol–water partition coefficient (Wildman–Crippen LogP) is 6.53. The smallest absolute Gasteiger partial charge is 0.305 e. The zero-order chi connectivity index (χ0) is 32.4. The van der Waals surface area contributed by atoms with Gasteiger partial charge in [-0.2, -0.15) is 0 Å². The highest BCUT2D eigenvalue weighted by Crippen LogP contribution is 2.34. The zero-order valence-electron chi connectivity index (χ0n) is 27.1. The number of amides is 1. The van der Waals surface area contributed by atoms with Crippen LogP contribution in [0.2, 0.25) is 0 Å². The fraction of sp³-hybridized carbons (Fsp3) is 0.529. The molecular weight excluding hydrogens is 552 g/mol. The number of benzene rings is 2. The van der Waals surface area contributed by atoms with E-state index in [0.717, 1.165) is 33.4 Å². The number of hydrogen-bond acceptors (Lipinski definition) is 5. The van der Waals surface area contributed by atoms with Crippen molar-refractivity contribution in [3.05, 3.63) is 69.7 Å². The summed E-state index contributed by atoms with van der Waals surface area (Å²) in [6.45, 7) is 12.3. The monoisotopic (exact) mass is 601 g/mol. The van der Waals surface area contributed by atoms with E-state index in [0.29, 0.717) is 24.9 Å². The lowest BCUT2D eigenvalue weighted by molar-refractivity contribution is -0.137. The van der Waals surface area contributed by atoms with Crippen molar-refractivity contribution < 1.29 is 28.2 Å². The first-order valence-electron chi connectivity index (χ1n) is 14.8. The molecule has 43 heavy (non-hydrogen) atoms. The minimum atomic E-state index is -1.48. The van der Waals surface area contributed by atoms with Gasteiger partial charge in [0.05, 0.1) is 12.5 Å². The van der Waals surface area contributed by atoms with Gasteiger partial charge in [-0.15, -0.1) is 0 Å². The molecule has 2 rings (SSSR count). The number of carboxylic acid groups (broad SMARTS) is 1. The highest BCUT2D eigenvalue weighted by molar-refractivity contribution is 5.83. The summed E-state index contributed by atoms with van der Waals surface area (Å²) in [7, 11) is 5.14. The molecule has 7 nitrogen and oxygen atoms in total. The van der Waals surface area contributed by atoms with Gasteiger partial charge in [0.25, 0.3) is 0 Å². The van der Waals surface area contributed by atoms with Crippen LogP contribution in [0, 0.1) is 39.4 Å². The topological polar surface area (TPSA) is 90.9 Å². The standard InChI is InChI=1S/C34H49F2N3O4/c1-20(2)14-29(37-19-25(12-13-39(7)8)16-30(35)43-9)34(42)38-28(18-31(40)41)27-17-26(15-23(5)33(27)36)32-22(4)11-10-21(3)24(32)6/h10-11,15,17,19-20,28-30,37H,12-14,16,18H2,1-9H3,(H,38,42)(H,40,41)/b25-19-/t28-,29?,30?/m0/s1. The Morgan fingerprint density at radius 2 is 1.70 bits per heavy atom. The van der Waals surface area contributed by atoms with Crippen molar-refractivity contribution in [2.45, 2.75) is 85.7 Å². The molecule has 0 aliphatic heterocycles. The lowest BCUT2D eigenvalue weighted by Gasteiger charge is -2.25. The SMILES string of the molecule is COC(F)C/C(=C\NC(CC(C)C)C(=O)N[C@@H](CC(=O)O)c1cc(-c2c(C)ccc(C)c2C)cc(C)c1F)CCN(C)C. The second kappa shape index (κ2) is 16.5. The van der Waals surface area contributed by atoms with Crippen LogP contribution < -0.4 is 10.6 Å². The molecule has 0 spiro atoms. The molecule has 9 heteroatoms. The van der Waals surface area contributed by atoms with Crippen LogP contribution in [0.25, 0.3) is 11.1 Å². The molecule has 2 aromatic rings. The fourth-order valence-electron chi connectivity index (χ4n) is 5.11. The number of rotatable bonds is 16. The highest BCUT2D eigenvalue weighted by atomic mass is 19.1. The zero-order valence-corrected chi connectivity index (χ0v) is 27.1. The molecule has 2 unspecified atom stereocenters. The molecule has 0 radical (unpaired) electrons. The maximum absolute atomic E-state index is 15.7. The average molecular weight is 602 g/mol. The Balaban J connectivity index is 2.49. The molecule has 3 N–H and O–H groups in total. The van der Waals surface area contributed by atoms with Gasteiger partial charge in [-0.3, -0.25) is 9.59 Å². The van der Waals surface area contributed by atoms with E-state index in [1.54, 1.807) is 25.3 Å². The maximum Gasteiger partial charge on any atom is 0.305 e. The van der Waals surface area contributed by atoms with E-state index < -0.39 is 42.6 Å². The van der Waals surface area contributed by atoms with Crippen molar-refractivity contribution in [1.29, 1.82) is 0 Å². The van der Waals surface area contributed by atoms with Crippen LogP contribution >= 0.6 is 0 Å². The summed E-state index contributed by atoms with van der Waals surface area (Å²) in [5.74, 6) is -2.06. The third-order valence-electron chi connectivity index (χ3n) is 7.66. The number of methoxy groups -OCH3 is 1. The first-order valence-corrected chi connectivity index (χ1v) is 14.8. The Labute approximate surface area is 255 Å². The molecule has 0 aliphatic rings. The number of halogens is 2. The van der Waals surface area contributed by atoms with E-state index in [2.05, 4.69) is 10.6 Å². The lowest BCUT2D eigenvalue weighted by atomic mass is 9.89. The van der Waals surface area contributed by atoms with Crippen LogP contribution in [0.1, 0.15) is 73.4 Å². The van der Waals surface area contributed by atoms with E-state index in [1.165, 1.54) is 7.11 Å². The summed E-state index contributed by atoms with van der Waals surface area (Å²) >= 11 is 0. The van der Waals surface area contributed by atoms with E-state index in [4.69, 9.17) is 4.74 Å². The number of carbonyl (C=O) groups excluding carboxylic acids is 1. The predicted molar refractivity (Wildman–Crippen MR) is 168 cm³/mol. The minimum absolute atomic E-state index is 0.0457. The number of alkyl halides is 1. The second-order valence-electron chi connectivity index (χ2n) is 12.1. The summed E-state index contributed by atoms with van der Waals surface area (Å²) in [4.78, 5) is 27.6. The first-order chi connectivity index (χ1) is 20.1. The van der Waals surface area contributed by atoms with E-state index in [9.17, 15) is 19.1 Å². The number of ether oxygens (including phenoxy) is 1.